The largest absolute Gasteiger partial charge is 0.324 e. The van der Waals surface area contributed by atoms with Crippen LogP contribution in [-0.2, 0) is 0 Å². The van der Waals surface area contributed by atoms with Crippen LogP contribution in [0.15, 0.2) is 35.5 Å². The van der Waals surface area contributed by atoms with E-state index in [9.17, 15) is 0 Å². The first-order valence-corrected chi connectivity index (χ1v) is 6.25. The highest BCUT2D eigenvalue weighted by Gasteiger charge is 2.26. The zero-order chi connectivity index (χ0) is 12.3. The molecule has 0 aromatic heterocycles. The number of nitrogens with two attached hydrogens (primary N) is 1. The van der Waals surface area contributed by atoms with Gasteiger partial charge < -0.3 is 5.73 Å². The topological polar surface area (TPSA) is 26.0 Å². The maximum Gasteiger partial charge on any atom is 0.0325 e. The smallest absolute Gasteiger partial charge is 0.0325 e. The Bertz CT molecular complexity index is 322. The minimum atomic E-state index is 0.230. The number of rotatable bonds is 5. The lowest BCUT2D eigenvalue weighted by molar-refractivity contribution is 0.534. The van der Waals surface area contributed by atoms with E-state index in [2.05, 4.69) is 46.4 Å². The summed E-state index contributed by atoms with van der Waals surface area (Å²) in [4.78, 5) is 0. The fourth-order valence-corrected chi connectivity index (χ4v) is 2.02. The molecule has 0 saturated carbocycles. The van der Waals surface area contributed by atoms with Crippen molar-refractivity contribution < 1.29 is 0 Å². The van der Waals surface area contributed by atoms with Gasteiger partial charge in [0, 0.05) is 12.0 Å². The molecule has 1 rings (SSSR count). The van der Waals surface area contributed by atoms with Gasteiger partial charge in [0.15, 0.2) is 0 Å². The van der Waals surface area contributed by atoms with Gasteiger partial charge in [0.05, 0.1) is 0 Å². The van der Waals surface area contributed by atoms with Crippen molar-refractivity contribution in [2.75, 3.05) is 0 Å². The van der Waals surface area contributed by atoms with Crippen molar-refractivity contribution in [3.05, 3.63) is 35.5 Å². The van der Waals surface area contributed by atoms with E-state index in [1.54, 1.807) is 0 Å². The molecule has 0 aromatic rings. The molecule has 0 fully saturated rings. The van der Waals surface area contributed by atoms with Gasteiger partial charge in [-0.15, -0.1) is 0 Å². The van der Waals surface area contributed by atoms with Crippen molar-refractivity contribution in [2.45, 2.75) is 46.6 Å². The molecule has 90 valence electrons. The summed E-state index contributed by atoms with van der Waals surface area (Å²) < 4.78 is 0. The Morgan fingerprint density at radius 2 is 2.00 bits per heavy atom. The normalized spacial score (nSPS) is 27.1. The molecule has 2 unspecified atom stereocenters. The standard InChI is InChI=1S/C15H25N/c1-6-11(4)14(9-12(5)10(2)3)13-7-8-15(13)16/h7-8,12-13,15H,2,6,9,16H2,1,3-5H3/b14-11+/t12-,13?,15?/m1/s1. The van der Waals surface area contributed by atoms with E-state index < -0.39 is 0 Å². The molecule has 2 N–H and O–H groups in total. The molecule has 1 heteroatoms. The van der Waals surface area contributed by atoms with Crippen molar-refractivity contribution >= 4 is 0 Å². The van der Waals surface area contributed by atoms with Crippen LogP contribution in [0.4, 0.5) is 0 Å². The minimum Gasteiger partial charge on any atom is -0.324 e. The zero-order valence-corrected chi connectivity index (χ0v) is 11.1. The Labute approximate surface area is 100 Å². The van der Waals surface area contributed by atoms with E-state index in [1.807, 2.05) is 0 Å². The fraction of sp³-hybridized carbons (Fsp3) is 0.600. The molecule has 0 amide bonds. The molecule has 0 aromatic carbocycles. The Balaban J connectivity index is 2.82. The first kappa shape index (κ1) is 13.2. The van der Waals surface area contributed by atoms with E-state index in [0.717, 1.165) is 12.8 Å². The lowest BCUT2D eigenvalue weighted by Crippen LogP contribution is -2.35. The molecule has 0 aliphatic heterocycles. The average Bonchev–Trinajstić information content (AvgIpc) is 2.24. The third-order valence-corrected chi connectivity index (χ3v) is 3.80. The Morgan fingerprint density at radius 1 is 1.38 bits per heavy atom. The maximum atomic E-state index is 6.02. The van der Waals surface area contributed by atoms with Crippen molar-refractivity contribution in [1.29, 1.82) is 0 Å². The summed E-state index contributed by atoms with van der Waals surface area (Å²) in [6, 6.07) is 0.230. The summed E-state index contributed by atoms with van der Waals surface area (Å²) in [7, 11) is 0. The van der Waals surface area contributed by atoms with Crippen LogP contribution in [0.3, 0.4) is 0 Å². The second kappa shape index (κ2) is 5.49. The van der Waals surface area contributed by atoms with Crippen LogP contribution in [0.25, 0.3) is 0 Å². The minimum absolute atomic E-state index is 0.230. The summed E-state index contributed by atoms with van der Waals surface area (Å²) in [6.45, 7) is 12.9. The summed E-state index contributed by atoms with van der Waals surface area (Å²) in [6.07, 6.45) is 6.57. The van der Waals surface area contributed by atoms with Crippen LogP contribution >= 0.6 is 0 Å². The third-order valence-electron chi connectivity index (χ3n) is 3.80. The van der Waals surface area contributed by atoms with E-state index in [0.29, 0.717) is 11.8 Å². The molecule has 1 aliphatic carbocycles. The quantitative estimate of drug-likeness (QED) is 0.699. The summed E-state index contributed by atoms with van der Waals surface area (Å²) >= 11 is 0. The molecule has 0 heterocycles. The van der Waals surface area contributed by atoms with Crippen molar-refractivity contribution in [3.8, 4) is 0 Å². The lowest BCUT2D eigenvalue weighted by atomic mass is 9.76. The van der Waals surface area contributed by atoms with E-state index in [-0.39, 0.29) is 6.04 Å². The molecular formula is C15H25N. The van der Waals surface area contributed by atoms with E-state index in [4.69, 9.17) is 5.73 Å². The first-order valence-electron chi connectivity index (χ1n) is 6.25. The molecule has 0 radical (unpaired) electrons. The second-order valence-electron chi connectivity index (χ2n) is 5.10. The molecule has 1 nitrogen and oxygen atoms in total. The van der Waals surface area contributed by atoms with Gasteiger partial charge in [0.2, 0.25) is 0 Å². The summed E-state index contributed by atoms with van der Waals surface area (Å²) in [5, 5.41) is 0. The van der Waals surface area contributed by atoms with Gasteiger partial charge in [0.25, 0.3) is 0 Å². The van der Waals surface area contributed by atoms with Crippen LogP contribution in [0.1, 0.15) is 40.5 Å². The van der Waals surface area contributed by atoms with E-state index >= 15 is 0 Å². The molecule has 1 aliphatic rings. The fourth-order valence-electron chi connectivity index (χ4n) is 2.02. The van der Waals surface area contributed by atoms with Gasteiger partial charge in [-0.2, -0.15) is 0 Å². The Kier molecular flexibility index (Phi) is 4.55. The number of allylic oxidation sites excluding steroid dienone is 2. The van der Waals surface area contributed by atoms with Crippen LogP contribution in [0.2, 0.25) is 0 Å². The molecular weight excluding hydrogens is 194 g/mol. The molecule has 16 heavy (non-hydrogen) atoms. The predicted molar refractivity (Wildman–Crippen MR) is 72.2 cm³/mol. The third kappa shape index (κ3) is 2.85. The van der Waals surface area contributed by atoms with Gasteiger partial charge >= 0.3 is 0 Å². The van der Waals surface area contributed by atoms with Crippen LogP contribution in [-0.4, -0.2) is 6.04 Å². The molecule has 0 spiro atoms. The van der Waals surface area contributed by atoms with E-state index in [1.165, 1.54) is 16.7 Å². The van der Waals surface area contributed by atoms with Gasteiger partial charge in [-0.3, -0.25) is 0 Å². The van der Waals surface area contributed by atoms with Gasteiger partial charge in [-0.05, 0) is 32.6 Å². The number of hydrogen-bond acceptors (Lipinski definition) is 1. The first-order chi connectivity index (χ1) is 7.47. The van der Waals surface area contributed by atoms with Gasteiger partial charge in [-0.25, -0.2) is 0 Å². The van der Waals surface area contributed by atoms with Crippen LogP contribution < -0.4 is 5.73 Å². The highest BCUT2D eigenvalue weighted by molar-refractivity contribution is 5.31. The van der Waals surface area contributed by atoms with Crippen molar-refractivity contribution in [2.24, 2.45) is 17.6 Å². The van der Waals surface area contributed by atoms with Gasteiger partial charge in [-0.1, -0.05) is 49.3 Å². The molecule has 3 atom stereocenters. The number of hydrogen-bond donors (Lipinski definition) is 1. The average molecular weight is 219 g/mol. The van der Waals surface area contributed by atoms with Crippen molar-refractivity contribution in [3.63, 3.8) is 0 Å². The monoisotopic (exact) mass is 219 g/mol. The summed E-state index contributed by atoms with van der Waals surface area (Å²) in [5.41, 5.74) is 10.3. The van der Waals surface area contributed by atoms with Gasteiger partial charge in [0.1, 0.15) is 0 Å². The maximum absolute atomic E-state index is 6.02. The van der Waals surface area contributed by atoms with Crippen molar-refractivity contribution in [1.82, 2.24) is 0 Å². The molecule has 0 saturated heterocycles. The van der Waals surface area contributed by atoms with Crippen LogP contribution in [0.5, 0.6) is 0 Å². The SMILES string of the molecule is C=C(C)[C@H](C)C/C(=C(/C)CC)C1C=CC1N. The second-order valence-corrected chi connectivity index (χ2v) is 5.10. The highest BCUT2D eigenvalue weighted by atomic mass is 14.7. The summed E-state index contributed by atoms with van der Waals surface area (Å²) in [5.74, 6) is 1.03. The Hall–Kier alpha value is -0.820. The highest BCUT2D eigenvalue weighted by Crippen LogP contribution is 2.33. The predicted octanol–water partition coefficient (Wildman–Crippen LogP) is 3.83. The Morgan fingerprint density at radius 3 is 2.31 bits per heavy atom. The van der Waals surface area contributed by atoms with Crippen LogP contribution in [0, 0.1) is 11.8 Å². The molecule has 0 bridgehead atoms. The lowest BCUT2D eigenvalue weighted by Gasteiger charge is -2.32. The zero-order valence-electron chi connectivity index (χ0n) is 11.1.